The van der Waals surface area contributed by atoms with Crippen LogP contribution < -0.4 is 4.90 Å². The van der Waals surface area contributed by atoms with Crippen molar-refractivity contribution < 1.29 is 0 Å². The predicted molar refractivity (Wildman–Crippen MR) is 201 cm³/mol. The lowest BCUT2D eigenvalue weighted by molar-refractivity contribution is 0.783. The molecule has 218 valence electrons. The van der Waals surface area contributed by atoms with E-state index in [9.17, 15) is 0 Å². The smallest absolute Gasteiger partial charge is 0.0703 e. The number of para-hydroxylation sites is 1. The third-order valence-corrected chi connectivity index (χ3v) is 12.2. The standard InChI is InChI=1S/C44H26N2S/c1-2-11-27-25(10-1)20-22-34-39-30-14-3-4-15-32(30)43-40(33-17-9-16-31-28-12-5-7-18-36(28)46(43)42(31)33)44(39)45(41(27)34)26-21-23-38-35(24-26)29-13-6-8-19-37(29)47-38/h1-24,33,42H. The number of hydrogen-bond donors (Lipinski definition) is 0. The van der Waals surface area contributed by atoms with Crippen molar-refractivity contribution in [1.29, 1.82) is 0 Å². The molecular formula is C44H26N2S. The first kappa shape index (κ1) is 24.6. The van der Waals surface area contributed by atoms with Crippen molar-refractivity contribution in [2.75, 3.05) is 4.90 Å². The van der Waals surface area contributed by atoms with Crippen LogP contribution in [0.5, 0.6) is 0 Å². The molecule has 3 heteroatoms. The number of anilines is 2. The van der Waals surface area contributed by atoms with E-state index in [1.54, 1.807) is 0 Å². The van der Waals surface area contributed by atoms with Crippen molar-refractivity contribution in [3.05, 3.63) is 157 Å². The molecule has 7 aromatic carbocycles. The van der Waals surface area contributed by atoms with E-state index in [-0.39, 0.29) is 12.0 Å². The molecule has 1 aliphatic carbocycles. The van der Waals surface area contributed by atoms with Crippen LogP contribution in [0.15, 0.2) is 146 Å². The predicted octanol–water partition coefficient (Wildman–Crippen LogP) is 12.0. The lowest BCUT2D eigenvalue weighted by Crippen LogP contribution is -2.26. The average molecular weight is 615 g/mol. The van der Waals surface area contributed by atoms with Crippen LogP contribution in [0.2, 0.25) is 0 Å². The van der Waals surface area contributed by atoms with Crippen LogP contribution in [0.4, 0.5) is 11.4 Å². The highest BCUT2D eigenvalue weighted by Crippen LogP contribution is 2.62. The quantitative estimate of drug-likeness (QED) is 0.179. The fourth-order valence-electron chi connectivity index (χ4n) is 9.24. The van der Waals surface area contributed by atoms with Crippen LogP contribution in [0, 0.1) is 0 Å². The van der Waals surface area contributed by atoms with E-state index < -0.39 is 0 Å². The second-order valence-corrected chi connectivity index (χ2v) is 14.3. The highest BCUT2D eigenvalue weighted by atomic mass is 32.1. The van der Waals surface area contributed by atoms with Crippen LogP contribution >= 0.6 is 11.3 Å². The van der Waals surface area contributed by atoms with Gasteiger partial charge >= 0.3 is 0 Å². The molecule has 0 fully saturated rings. The maximum atomic E-state index is 2.67. The Morgan fingerprint density at radius 3 is 2.28 bits per heavy atom. The van der Waals surface area contributed by atoms with Crippen molar-refractivity contribution in [1.82, 2.24) is 4.57 Å². The first-order chi connectivity index (χ1) is 23.3. The Labute approximate surface area is 274 Å². The molecule has 9 aromatic rings. The van der Waals surface area contributed by atoms with Crippen LogP contribution in [0.1, 0.15) is 17.0 Å². The number of benzene rings is 7. The number of rotatable bonds is 1. The molecule has 2 atom stereocenters. The fraction of sp³-hybridized carbons (Fsp3) is 0.0455. The molecular weight excluding hydrogens is 589 g/mol. The van der Waals surface area contributed by atoms with Gasteiger partial charge < -0.3 is 9.47 Å². The molecule has 2 aliphatic heterocycles. The Morgan fingerprint density at radius 2 is 1.34 bits per heavy atom. The summed E-state index contributed by atoms with van der Waals surface area (Å²) in [5, 5.41) is 10.5. The van der Waals surface area contributed by atoms with Gasteiger partial charge in [0.05, 0.1) is 22.8 Å². The molecule has 47 heavy (non-hydrogen) atoms. The largest absolute Gasteiger partial charge is 0.332 e. The van der Waals surface area contributed by atoms with E-state index in [0.29, 0.717) is 0 Å². The molecule has 0 saturated heterocycles. The van der Waals surface area contributed by atoms with Crippen molar-refractivity contribution in [2.45, 2.75) is 12.0 Å². The Kier molecular flexibility index (Phi) is 4.49. The zero-order valence-corrected chi connectivity index (χ0v) is 26.1. The molecule has 2 unspecified atom stereocenters. The lowest BCUT2D eigenvalue weighted by atomic mass is 9.83. The SMILES string of the molecule is C1=CC2c3c(c4ccccc4c4c5ccc6ccccc6c5n(-c5ccc6sc7ccccc7c6c5)c34)N3c4ccccc4C(=C1)C23. The molecule has 2 nitrogen and oxygen atoms in total. The monoisotopic (exact) mass is 614 g/mol. The zero-order valence-electron chi connectivity index (χ0n) is 25.3. The van der Waals surface area contributed by atoms with Crippen LogP contribution in [0.25, 0.3) is 74.8 Å². The van der Waals surface area contributed by atoms with E-state index in [1.807, 2.05) is 11.3 Å². The normalized spacial score (nSPS) is 17.8. The molecule has 12 rings (SSSR count). The molecule has 0 spiro atoms. The minimum atomic E-state index is 0.240. The van der Waals surface area contributed by atoms with E-state index in [2.05, 4.69) is 155 Å². The fourth-order valence-corrected chi connectivity index (χ4v) is 10.3. The van der Waals surface area contributed by atoms with Gasteiger partial charge in [-0.1, -0.05) is 115 Å². The topological polar surface area (TPSA) is 8.17 Å². The summed E-state index contributed by atoms with van der Waals surface area (Å²) in [6.45, 7) is 0. The number of aromatic nitrogens is 1. The zero-order chi connectivity index (χ0) is 30.4. The molecule has 0 amide bonds. The Hall–Kier alpha value is -5.64. The number of fused-ring (bicyclic) bond motifs is 18. The molecule has 0 radical (unpaired) electrons. The summed E-state index contributed by atoms with van der Waals surface area (Å²) in [5.41, 5.74) is 10.8. The number of hydrogen-bond acceptors (Lipinski definition) is 2. The number of allylic oxidation sites excluding steroid dienone is 2. The first-order valence-electron chi connectivity index (χ1n) is 16.4. The van der Waals surface area contributed by atoms with Crippen LogP contribution in [0.3, 0.4) is 0 Å². The van der Waals surface area contributed by atoms with Crippen molar-refractivity contribution in [2.24, 2.45) is 0 Å². The van der Waals surface area contributed by atoms with E-state index in [1.165, 1.54) is 97.3 Å². The Balaban J connectivity index is 1.33. The molecule has 0 bridgehead atoms. The van der Waals surface area contributed by atoms with Crippen molar-refractivity contribution in [3.8, 4) is 5.69 Å². The van der Waals surface area contributed by atoms with Gasteiger partial charge in [-0.3, -0.25) is 0 Å². The molecule has 4 heterocycles. The summed E-state index contributed by atoms with van der Waals surface area (Å²) in [5.74, 6) is 0.240. The van der Waals surface area contributed by atoms with Crippen molar-refractivity contribution in [3.63, 3.8) is 0 Å². The average Bonchev–Trinajstić information content (AvgIpc) is 3.87. The Morgan fingerprint density at radius 1 is 0.574 bits per heavy atom. The van der Waals surface area contributed by atoms with Gasteiger partial charge in [0, 0.05) is 70.1 Å². The summed E-state index contributed by atoms with van der Waals surface area (Å²) in [6.07, 6.45) is 7.12. The van der Waals surface area contributed by atoms with Crippen LogP contribution in [-0.2, 0) is 0 Å². The Bertz CT molecular complexity index is 2930. The highest BCUT2D eigenvalue weighted by Gasteiger charge is 2.49. The maximum absolute atomic E-state index is 2.67. The van der Waals surface area contributed by atoms with Gasteiger partial charge in [0.25, 0.3) is 0 Å². The minimum Gasteiger partial charge on any atom is -0.332 e. The van der Waals surface area contributed by atoms with Gasteiger partial charge in [-0.25, -0.2) is 0 Å². The summed E-state index contributed by atoms with van der Waals surface area (Å²) >= 11 is 1.88. The highest BCUT2D eigenvalue weighted by molar-refractivity contribution is 7.25. The van der Waals surface area contributed by atoms with Gasteiger partial charge in [-0.2, -0.15) is 0 Å². The van der Waals surface area contributed by atoms with Crippen molar-refractivity contribution >= 4 is 91.8 Å². The number of thiophene rings is 1. The summed E-state index contributed by atoms with van der Waals surface area (Å²) in [6, 6.07) is 48.0. The van der Waals surface area contributed by atoms with Gasteiger partial charge in [-0.05, 0) is 46.7 Å². The van der Waals surface area contributed by atoms with E-state index in [0.717, 1.165) is 0 Å². The van der Waals surface area contributed by atoms with Crippen LogP contribution in [-0.4, -0.2) is 10.6 Å². The molecule has 0 saturated carbocycles. The number of nitrogens with zero attached hydrogens (tertiary/aromatic N) is 2. The van der Waals surface area contributed by atoms with E-state index >= 15 is 0 Å². The molecule has 2 aromatic heterocycles. The lowest BCUT2D eigenvalue weighted by Gasteiger charge is -2.24. The van der Waals surface area contributed by atoms with Gasteiger partial charge in [0.1, 0.15) is 0 Å². The van der Waals surface area contributed by atoms with Gasteiger partial charge in [0.2, 0.25) is 0 Å². The minimum absolute atomic E-state index is 0.240. The van der Waals surface area contributed by atoms with E-state index in [4.69, 9.17) is 0 Å². The summed E-state index contributed by atoms with van der Waals surface area (Å²) < 4.78 is 5.30. The molecule has 0 N–H and O–H groups in total. The third-order valence-electron chi connectivity index (χ3n) is 11.0. The second-order valence-electron chi connectivity index (χ2n) is 13.2. The second kappa shape index (κ2) is 8.58. The third kappa shape index (κ3) is 2.93. The maximum Gasteiger partial charge on any atom is 0.0703 e. The van der Waals surface area contributed by atoms with Gasteiger partial charge in [0.15, 0.2) is 0 Å². The van der Waals surface area contributed by atoms with Gasteiger partial charge in [-0.15, -0.1) is 11.3 Å². The summed E-state index contributed by atoms with van der Waals surface area (Å²) in [4.78, 5) is 2.67. The summed E-state index contributed by atoms with van der Waals surface area (Å²) in [7, 11) is 0. The molecule has 3 aliphatic rings. The first-order valence-corrected chi connectivity index (χ1v) is 17.3.